The minimum Gasteiger partial charge on any atom is -0.444 e. The van der Waals surface area contributed by atoms with Gasteiger partial charge in [-0.05, 0) is 56.7 Å². The molecule has 0 saturated carbocycles. The molecule has 28 heavy (non-hydrogen) atoms. The van der Waals surface area contributed by atoms with Crippen LogP contribution in [0.25, 0.3) is 17.1 Å². The number of carbonyl (C=O) groups excluding carboxylic acids is 2. The van der Waals surface area contributed by atoms with E-state index in [0.29, 0.717) is 22.4 Å². The first kappa shape index (κ1) is 19.1. The molecule has 2 aromatic carbocycles. The second kappa shape index (κ2) is 7.91. The maximum Gasteiger partial charge on any atom is 0.412 e. The van der Waals surface area contributed by atoms with Gasteiger partial charge in [-0.1, -0.05) is 18.2 Å². The van der Waals surface area contributed by atoms with Crippen molar-refractivity contribution in [1.29, 1.82) is 0 Å². The third kappa shape index (κ3) is 5.16. The first-order valence-electron chi connectivity index (χ1n) is 8.69. The van der Waals surface area contributed by atoms with E-state index in [-0.39, 0.29) is 5.91 Å². The van der Waals surface area contributed by atoms with Crippen LogP contribution in [0.1, 0.15) is 26.3 Å². The number of hydrogen-bond acceptors (Lipinski definition) is 5. The van der Waals surface area contributed by atoms with E-state index in [0.717, 1.165) is 5.56 Å². The summed E-state index contributed by atoms with van der Waals surface area (Å²) >= 11 is 0. The Labute approximate surface area is 162 Å². The highest BCUT2D eigenvalue weighted by Crippen LogP contribution is 2.19. The van der Waals surface area contributed by atoms with E-state index in [1.807, 2.05) is 6.07 Å². The summed E-state index contributed by atoms with van der Waals surface area (Å²) in [5, 5.41) is 16.0. The van der Waals surface area contributed by atoms with Gasteiger partial charge in [-0.3, -0.25) is 10.1 Å². The van der Waals surface area contributed by atoms with E-state index >= 15 is 0 Å². The number of fused-ring (bicyclic) bond motifs is 1. The molecular weight excluding hydrogens is 358 g/mol. The van der Waals surface area contributed by atoms with E-state index in [1.54, 1.807) is 63.2 Å². The van der Waals surface area contributed by atoms with Gasteiger partial charge in [-0.2, -0.15) is 15.4 Å². The minimum atomic E-state index is -0.577. The number of aromatic nitrogens is 3. The average molecular weight is 379 g/mol. The van der Waals surface area contributed by atoms with Crippen LogP contribution in [0.5, 0.6) is 0 Å². The first-order valence-corrected chi connectivity index (χ1v) is 8.69. The number of carbonyl (C=O) groups is 2. The molecule has 3 N–H and O–H groups in total. The van der Waals surface area contributed by atoms with Crippen molar-refractivity contribution in [2.75, 3.05) is 10.6 Å². The fourth-order valence-electron chi connectivity index (χ4n) is 2.46. The monoisotopic (exact) mass is 379 g/mol. The van der Waals surface area contributed by atoms with E-state index in [9.17, 15) is 9.59 Å². The van der Waals surface area contributed by atoms with Crippen LogP contribution in [0.2, 0.25) is 0 Å². The van der Waals surface area contributed by atoms with E-state index in [2.05, 4.69) is 26.0 Å². The molecule has 1 aromatic heterocycles. The Morgan fingerprint density at radius 1 is 1.07 bits per heavy atom. The number of aromatic amines is 1. The number of ether oxygens (including phenoxy) is 1. The van der Waals surface area contributed by atoms with E-state index < -0.39 is 11.7 Å². The predicted molar refractivity (Wildman–Crippen MR) is 108 cm³/mol. The zero-order valence-corrected chi connectivity index (χ0v) is 15.8. The Balaban J connectivity index is 1.64. The summed E-state index contributed by atoms with van der Waals surface area (Å²) in [5.41, 5.74) is 2.58. The molecule has 0 aliphatic heterocycles. The van der Waals surface area contributed by atoms with Crippen LogP contribution >= 0.6 is 0 Å². The van der Waals surface area contributed by atoms with Crippen molar-refractivity contribution in [1.82, 2.24) is 15.4 Å². The summed E-state index contributed by atoms with van der Waals surface area (Å²) in [6.07, 6.45) is 2.52. The molecule has 8 nitrogen and oxygen atoms in total. The van der Waals surface area contributed by atoms with Crippen molar-refractivity contribution < 1.29 is 14.3 Å². The van der Waals surface area contributed by atoms with Crippen molar-refractivity contribution in [2.24, 2.45) is 0 Å². The molecule has 0 bridgehead atoms. The van der Waals surface area contributed by atoms with Crippen LogP contribution in [0.15, 0.2) is 48.5 Å². The van der Waals surface area contributed by atoms with E-state index in [4.69, 9.17) is 4.74 Å². The fourth-order valence-corrected chi connectivity index (χ4v) is 2.46. The summed E-state index contributed by atoms with van der Waals surface area (Å²) in [6.45, 7) is 5.39. The molecule has 3 aromatic rings. The number of rotatable bonds is 4. The fraction of sp³-hybridized carbons (Fsp3) is 0.200. The number of H-pyrrole nitrogens is 1. The van der Waals surface area contributed by atoms with Crippen LogP contribution < -0.4 is 10.6 Å². The van der Waals surface area contributed by atoms with Crippen molar-refractivity contribution in [2.45, 2.75) is 26.4 Å². The van der Waals surface area contributed by atoms with Crippen LogP contribution in [-0.4, -0.2) is 33.0 Å². The third-order valence-electron chi connectivity index (χ3n) is 3.56. The number of hydrogen-bond donors (Lipinski definition) is 3. The van der Waals surface area contributed by atoms with Gasteiger partial charge in [0.05, 0.1) is 5.69 Å². The van der Waals surface area contributed by atoms with Gasteiger partial charge in [0.2, 0.25) is 5.91 Å². The van der Waals surface area contributed by atoms with Gasteiger partial charge in [0.1, 0.15) is 16.6 Å². The molecule has 2 amide bonds. The van der Waals surface area contributed by atoms with Gasteiger partial charge in [-0.25, -0.2) is 4.79 Å². The number of anilines is 2. The Bertz CT molecular complexity index is 1030. The molecule has 144 valence electrons. The van der Waals surface area contributed by atoms with Crippen LogP contribution in [0, 0.1) is 0 Å². The smallest absolute Gasteiger partial charge is 0.412 e. The highest BCUT2D eigenvalue weighted by molar-refractivity contribution is 6.06. The Hall–Kier alpha value is -3.68. The maximum absolute atomic E-state index is 12.2. The molecule has 1 heterocycles. The van der Waals surface area contributed by atoms with Crippen LogP contribution in [0.3, 0.4) is 0 Å². The van der Waals surface area contributed by atoms with Crippen LogP contribution in [0.4, 0.5) is 16.2 Å². The zero-order valence-electron chi connectivity index (χ0n) is 15.8. The van der Waals surface area contributed by atoms with Crippen molar-refractivity contribution in [3.63, 3.8) is 0 Å². The number of benzene rings is 2. The van der Waals surface area contributed by atoms with Gasteiger partial charge >= 0.3 is 6.09 Å². The normalized spacial score (nSPS) is 11.5. The van der Waals surface area contributed by atoms with E-state index in [1.165, 1.54) is 6.08 Å². The van der Waals surface area contributed by atoms with Gasteiger partial charge in [0.15, 0.2) is 0 Å². The minimum absolute atomic E-state index is 0.305. The second-order valence-electron chi connectivity index (χ2n) is 7.07. The predicted octanol–water partition coefficient (Wildman–Crippen LogP) is 3.96. The molecule has 8 heteroatoms. The van der Waals surface area contributed by atoms with Gasteiger partial charge in [0, 0.05) is 11.8 Å². The number of amides is 2. The summed E-state index contributed by atoms with van der Waals surface area (Å²) in [6, 6.07) is 12.4. The quantitative estimate of drug-likeness (QED) is 0.595. The molecule has 3 rings (SSSR count). The molecule has 0 fully saturated rings. The van der Waals surface area contributed by atoms with Crippen molar-refractivity contribution >= 4 is 40.5 Å². The molecule has 0 aliphatic carbocycles. The molecule has 0 radical (unpaired) electrons. The lowest BCUT2D eigenvalue weighted by atomic mass is 10.2. The highest BCUT2D eigenvalue weighted by atomic mass is 16.6. The summed E-state index contributed by atoms with van der Waals surface area (Å²) in [4.78, 5) is 24.1. The number of nitrogens with zero attached hydrogens (tertiary/aromatic N) is 2. The molecule has 0 unspecified atom stereocenters. The average Bonchev–Trinajstić information content (AvgIpc) is 3.08. The molecule has 0 spiro atoms. The highest BCUT2D eigenvalue weighted by Gasteiger charge is 2.16. The number of para-hydroxylation sites is 1. The summed E-state index contributed by atoms with van der Waals surface area (Å²) < 4.78 is 5.23. The number of nitrogens with one attached hydrogen (secondary N) is 3. The van der Waals surface area contributed by atoms with Gasteiger partial charge < -0.3 is 10.1 Å². The first-order chi connectivity index (χ1) is 13.3. The van der Waals surface area contributed by atoms with Crippen molar-refractivity contribution in [3.05, 3.63) is 54.1 Å². The van der Waals surface area contributed by atoms with Crippen molar-refractivity contribution in [3.8, 4) is 0 Å². The lowest BCUT2D eigenvalue weighted by Crippen LogP contribution is -2.27. The third-order valence-corrected chi connectivity index (χ3v) is 3.56. The molecule has 0 saturated heterocycles. The lowest BCUT2D eigenvalue weighted by Gasteiger charge is -2.19. The van der Waals surface area contributed by atoms with Crippen LogP contribution in [-0.2, 0) is 9.53 Å². The molecule has 0 aliphatic rings. The molecule has 0 atom stereocenters. The summed E-state index contributed by atoms with van der Waals surface area (Å²) in [5.74, 6) is -0.305. The summed E-state index contributed by atoms with van der Waals surface area (Å²) in [7, 11) is 0. The standard InChI is InChI=1S/C20H21N5O3/c1-20(2,3)28-19(27)21-14-7-4-6-13(12-14)10-11-17(26)22-15-8-5-9-16-18(15)24-25-23-16/h4-12H,1-3H3,(H,21,27)(H,22,26)(H,23,24,25). The molecular formula is C20H21N5O3. The Morgan fingerprint density at radius 3 is 2.64 bits per heavy atom. The largest absolute Gasteiger partial charge is 0.444 e. The Kier molecular flexibility index (Phi) is 5.39. The zero-order chi connectivity index (χ0) is 20.1. The van der Waals surface area contributed by atoms with Gasteiger partial charge in [-0.15, -0.1) is 0 Å². The maximum atomic E-state index is 12.2. The Morgan fingerprint density at radius 2 is 1.86 bits per heavy atom. The lowest BCUT2D eigenvalue weighted by molar-refractivity contribution is -0.111. The topological polar surface area (TPSA) is 109 Å². The second-order valence-corrected chi connectivity index (χ2v) is 7.07. The SMILES string of the molecule is CC(C)(C)OC(=O)Nc1cccc(C=CC(=O)Nc2cccc3n[nH]nc23)c1. The van der Waals surface area contributed by atoms with Gasteiger partial charge in [0.25, 0.3) is 0 Å².